The lowest BCUT2D eigenvalue weighted by Crippen LogP contribution is -2.47. The molecule has 0 radical (unpaired) electrons. The third-order valence-corrected chi connectivity index (χ3v) is 18.4. The van der Waals surface area contributed by atoms with Gasteiger partial charge in [-0.3, -0.25) is 18.6 Å². The maximum Gasteiger partial charge on any atom is 0.472 e. The van der Waals surface area contributed by atoms with Crippen molar-refractivity contribution < 1.29 is 37.3 Å². The average Bonchev–Trinajstić information content (AvgIpc) is 3.53. The number of phosphoric ester groups is 1. The van der Waals surface area contributed by atoms with Crippen LogP contribution in [0.2, 0.25) is 0 Å². The zero-order valence-corrected chi connectivity index (χ0v) is 58.8. The Kier molecular flexibility index (Phi) is 64.3. The molecule has 0 fully saturated rings. The number of carbonyl (C=O) groups is 2. The third-order valence-electron chi connectivity index (χ3n) is 17.4. The van der Waals surface area contributed by atoms with Crippen LogP contribution in [-0.4, -0.2) is 74.3 Å². The second kappa shape index (κ2) is 65.4. The maximum atomic E-state index is 13.6. The zero-order valence-electron chi connectivity index (χ0n) is 57.9. The van der Waals surface area contributed by atoms with E-state index in [1.807, 2.05) is 27.2 Å². The van der Waals surface area contributed by atoms with Crippen LogP contribution in [-0.2, 0) is 27.9 Å². The van der Waals surface area contributed by atoms with E-state index in [2.05, 4.69) is 44.3 Å². The lowest BCUT2D eigenvalue weighted by molar-refractivity contribution is -0.870. The first-order chi connectivity index (χ1) is 41.4. The number of nitrogens with zero attached hydrogens (tertiary/aromatic N) is 1. The van der Waals surface area contributed by atoms with Gasteiger partial charge in [0.05, 0.1) is 33.8 Å². The van der Waals surface area contributed by atoms with E-state index in [1.54, 1.807) is 0 Å². The smallest absolute Gasteiger partial charge is 0.456 e. The molecule has 0 aliphatic carbocycles. The van der Waals surface area contributed by atoms with Crippen LogP contribution in [0.1, 0.15) is 393 Å². The average molecular weight is 1220 g/mol. The summed E-state index contributed by atoms with van der Waals surface area (Å²) in [6, 6.07) is -0.843. The van der Waals surface area contributed by atoms with Crippen LogP contribution in [0, 0.1) is 0 Å². The van der Waals surface area contributed by atoms with Crippen LogP contribution in [0.25, 0.3) is 0 Å². The van der Waals surface area contributed by atoms with Gasteiger partial charge in [0.1, 0.15) is 19.3 Å². The minimum Gasteiger partial charge on any atom is -0.456 e. The van der Waals surface area contributed by atoms with Crippen LogP contribution < -0.4 is 5.32 Å². The summed E-state index contributed by atoms with van der Waals surface area (Å²) >= 11 is 0. The number of hydrogen-bond acceptors (Lipinski definition) is 6. The molecule has 0 aliphatic rings. The molecular formula is C75H148N2O7P+. The van der Waals surface area contributed by atoms with Gasteiger partial charge in [0, 0.05) is 12.8 Å². The highest BCUT2D eigenvalue weighted by atomic mass is 31.2. The van der Waals surface area contributed by atoms with Crippen molar-refractivity contribution in [3.05, 3.63) is 24.3 Å². The number of allylic oxidation sites excluding steroid dienone is 3. The molecule has 0 bridgehead atoms. The second-order valence-electron chi connectivity index (χ2n) is 27.2. The lowest BCUT2D eigenvalue weighted by Gasteiger charge is -2.27. The fraction of sp³-hybridized carbons (Fsp3) is 0.920. The molecule has 0 heterocycles. The number of amides is 1. The van der Waals surface area contributed by atoms with Crippen molar-refractivity contribution in [3.8, 4) is 0 Å². The minimum absolute atomic E-state index is 0.0450. The first kappa shape index (κ1) is 83.5. The number of phosphoric acid groups is 1. The fourth-order valence-electron chi connectivity index (χ4n) is 11.6. The van der Waals surface area contributed by atoms with Crippen molar-refractivity contribution in [1.82, 2.24) is 5.32 Å². The van der Waals surface area contributed by atoms with E-state index in [0.717, 1.165) is 57.8 Å². The molecule has 3 unspecified atom stereocenters. The quantitative estimate of drug-likeness (QED) is 0.0205. The number of carbonyl (C=O) groups excluding carboxylic acids is 2. The molecule has 0 rings (SSSR count). The number of hydrogen-bond donors (Lipinski definition) is 2. The Labute approximate surface area is 530 Å². The topological polar surface area (TPSA) is 111 Å². The van der Waals surface area contributed by atoms with Gasteiger partial charge in [-0.2, -0.15) is 0 Å². The molecule has 0 aromatic rings. The van der Waals surface area contributed by atoms with Gasteiger partial charge in [-0.05, 0) is 57.4 Å². The molecule has 0 aromatic carbocycles. The number of ether oxygens (including phenoxy) is 1. The predicted octanol–water partition coefficient (Wildman–Crippen LogP) is 24.0. The predicted molar refractivity (Wildman–Crippen MR) is 370 cm³/mol. The number of nitrogens with one attached hydrogen (secondary N) is 1. The van der Waals surface area contributed by atoms with Crippen molar-refractivity contribution in [2.45, 2.75) is 405 Å². The number of unbranched alkanes of at least 4 members (excludes halogenated alkanes) is 52. The van der Waals surface area contributed by atoms with Gasteiger partial charge in [0.25, 0.3) is 0 Å². The standard InChI is InChI=1S/C75H147N2O7P/c1-7-10-13-16-19-22-25-28-30-32-34-35-36-37-38-39-40-41-43-44-46-49-52-55-58-61-64-67-74(78)76-72(71-83-85(80,81)82-70-69-77(4,5)6)73(66-63-60-57-54-51-48-27-24-21-18-15-12-9-3)84-75(79)68-65-62-59-56-53-50-47-45-42-33-31-29-26-23-20-17-14-11-8-2/h28,30,63,66,72-73H,7-27,29,31-62,64-65,67-71H2,1-6H3,(H-,76,78,80,81)/p+1/b30-28+,66-63-. The Morgan fingerprint density at radius 3 is 1.00 bits per heavy atom. The number of likely N-dealkylation sites (N-methyl/N-ethyl adjacent to an activating group) is 1. The Bertz CT molecular complexity index is 1500. The van der Waals surface area contributed by atoms with E-state index in [-0.39, 0.29) is 25.1 Å². The zero-order chi connectivity index (χ0) is 62.1. The van der Waals surface area contributed by atoms with Crippen LogP contribution >= 0.6 is 7.82 Å². The van der Waals surface area contributed by atoms with E-state index in [1.165, 1.54) is 302 Å². The minimum atomic E-state index is -4.45. The van der Waals surface area contributed by atoms with Gasteiger partial charge >= 0.3 is 13.8 Å². The number of quaternary nitrogens is 1. The van der Waals surface area contributed by atoms with Crippen molar-refractivity contribution in [3.63, 3.8) is 0 Å². The first-order valence-electron chi connectivity index (χ1n) is 37.7. The van der Waals surface area contributed by atoms with Gasteiger partial charge in [-0.15, -0.1) is 0 Å². The number of rotatable bonds is 70. The summed E-state index contributed by atoms with van der Waals surface area (Å²) in [7, 11) is 1.52. The van der Waals surface area contributed by atoms with Gasteiger partial charge < -0.3 is 19.4 Å². The molecule has 0 saturated carbocycles. The van der Waals surface area contributed by atoms with Crippen LogP contribution in [0.15, 0.2) is 24.3 Å². The van der Waals surface area contributed by atoms with Gasteiger partial charge in [-0.1, -0.05) is 347 Å². The number of esters is 1. The van der Waals surface area contributed by atoms with Gasteiger partial charge in [-0.25, -0.2) is 4.57 Å². The fourth-order valence-corrected chi connectivity index (χ4v) is 12.3. The molecule has 10 heteroatoms. The summed E-state index contributed by atoms with van der Waals surface area (Å²) in [5, 5.41) is 3.09. The molecule has 1 amide bonds. The Morgan fingerprint density at radius 2 is 0.682 bits per heavy atom. The molecule has 9 nitrogen and oxygen atoms in total. The monoisotopic (exact) mass is 1220 g/mol. The Morgan fingerprint density at radius 1 is 0.400 bits per heavy atom. The highest BCUT2D eigenvalue weighted by Gasteiger charge is 2.30. The molecule has 85 heavy (non-hydrogen) atoms. The molecule has 2 N–H and O–H groups in total. The van der Waals surface area contributed by atoms with E-state index in [0.29, 0.717) is 23.9 Å². The summed E-state index contributed by atoms with van der Waals surface area (Å²) in [6.07, 6.45) is 80.6. The molecule has 0 aliphatic heterocycles. The van der Waals surface area contributed by atoms with E-state index >= 15 is 0 Å². The molecule has 0 saturated heterocycles. The summed E-state index contributed by atoms with van der Waals surface area (Å²) in [5.41, 5.74) is 0. The van der Waals surface area contributed by atoms with E-state index in [9.17, 15) is 19.0 Å². The SMILES string of the molecule is CCCCCCCC/C=C/CCCCCCCCCCCCCCCCCCCC(=O)NC(COP(=O)(O)OCC[N+](C)(C)C)C(/C=C\CCCCCCCCCCCCC)OC(=O)CCCCCCCCCCCCCCCCCCCCC. The Balaban J connectivity index is 4.97. The van der Waals surface area contributed by atoms with Crippen molar-refractivity contribution >= 4 is 19.7 Å². The van der Waals surface area contributed by atoms with Crippen molar-refractivity contribution in [2.75, 3.05) is 40.9 Å². The first-order valence-corrected chi connectivity index (χ1v) is 39.2. The normalized spacial score (nSPS) is 13.5. The highest BCUT2D eigenvalue weighted by Crippen LogP contribution is 2.43. The van der Waals surface area contributed by atoms with Crippen LogP contribution in [0.3, 0.4) is 0 Å². The summed E-state index contributed by atoms with van der Waals surface area (Å²) in [5.74, 6) is -0.478. The maximum absolute atomic E-state index is 13.6. The van der Waals surface area contributed by atoms with Crippen LogP contribution in [0.4, 0.5) is 0 Å². The largest absolute Gasteiger partial charge is 0.472 e. The summed E-state index contributed by atoms with van der Waals surface area (Å²) < 4.78 is 30.9. The molecular weight excluding hydrogens is 1070 g/mol. The lowest BCUT2D eigenvalue weighted by atomic mass is 10.0. The third kappa shape index (κ3) is 66.7. The van der Waals surface area contributed by atoms with E-state index < -0.39 is 20.0 Å². The Hall–Kier alpha value is -1.51. The van der Waals surface area contributed by atoms with E-state index in [4.69, 9.17) is 13.8 Å². The van der Waals surface area contributed by atoms with Gasteiger partial charge in [0.15, 0.2) is 0 Å². The summed E-state index contributed by atoms with van der Waals surface area (Å²) in [4.78, 5) is 38.0. The second-order valence-corrected chi connectivity index (χ2v) is 28.6. The molecule has 0 aromatic heterocycles. The summed E-state index contributed by atoms with van der Waals surface area (Å²) in [6.45, 7) is 7.09. The highest BCUT2D eigenvalue weighted by molar-refractivity contribution is 7.47. The van der Waals surface area contributed by atoms with Crippen molar-refractivity contribution in [2.24, 2.45) is 0 Å². The molecule has 3 atom stereocenters. The molecule has 504 valence electrons. The van der Waals surface area contributed by atoms with Crippen LogP contribution in [0.5, 0.6) is 0 Å². The van der Waals surface area contributed by atoms with Gasteiger partial charge in [0.2, 0.25) is 5.91 Å². The molecule has 0 spiro atoms. The van der Waals surface area contributed by atoms with Crippen molar-refractivity contribution in [1.29, 1.82) is 0 Å².